The van der Waals surface area contributed by atoms with Gasteiger partial charge in [-0.25, -0.2) is 0 Å². The minimum absolute atomic E-state index is 0.298. The minimum atomic E-state index is -0.391. The van der Waals surface area contributed by atoms with Crippen molar-refractivity contribution >= 4 is 23.2 Å². The fraction of sp³-hybridized carbons (Fsp3) is 0.150. The average Bonchev–Trinajstić information content (AvgIpc) is 2.70. The number of para-hydroxylation sites is 1. The normalized spacial score (nSPS) is 10.2. The van der Waals surface area contributed by atoms with Crippen LogP contribution >= 0.6 is 0 Å². The molecule has 2 N–H and O–H groups in total. The highest BCUT2D eigenvalue weighted by Crippen LogP contribution is 2.29. The number of carbonyl (C=O) groups is 1. The smallest absolute Gasteiger partial charge is 0.264 e. The summed E-state index contributed by atoms with van der Waals surface area (Å²) < 4.78 is 10.5. The number of hydrogen-bond donors (Lipinski definition) is 2. The number of aromatic nitrogens is 2. The molecule has 0 aliphatic carbocycles. The summed E-state index contributed by atoms with van der Waals surface area (Å²) in [5.41, 5.74) is 2.34. The maximum atomic E-state index is 12.6. The van der Waals surface area contributed by atoms with E-state index >= 15 is 0 Å². The summed E-state index contributed by atoms with van der Waals surface area (Å²) in [5.74, 6) is 1.34. The SMILES string of the molecule is COc1cccc(OC)c1C(=O)Nc1ccc(Nc2ccccc2C)nn1. The highest BCUT2D eigenvalue weighted by Gasteiger charge is 2.18. The molecule has 1 heterocycles. The van der Waals surface area contributed by atoms with Gasteiger partial charge in [0.15, 0.2) is 11.6 Å². The Morgan fingerprint density at radius 2 is 1.48 bits per heavy atom. The first-order chi connectivity index (χ1) is 13.1. The number of nitrogens with zero attached hydrogens (tertiary/aromatic N) is 2. The standard InChI is InChI=1S/C20H20N4O3/c1-13-7-4-5-8-14(13)21-17-11-12-18(24-23-17)22-20(25)19-15(26-2)9-6-10-16(19)27-3/h4-12H,1-3H3,(H,21,23)(H,22,24,25). The Hall–Kier alpha value is -3.61. The molecule has 0 aliphatic heterocycles. The highest BCUT2D eigenvalue weighted by molar-refractivity contribution is 6.07. The van der Waals surface area contributed by atoms with Crippen LogP contribution in [0, 0.1) is 6.92 Å². The zero-order valence-corrected chi connectivity index (χ0v) is 15.3. The van der Waals surface area contributed by atoms with Crippen molar-refractivity contribution in [2.75, 3.05) is 24.9 Å². The van der Waals surface area contributed by atoms with Crippen molar-refractivity contribution in [2.24, 2.45) is 0 Å². The zero-order valence-electron chi connectivity index (χ0n) is 15.3. The van der Waals surface area contributed by atoms with Crippen molar-refractivity contribution in [2.45, 2.75) is 6.92 Å². The second kappa shape index (κ2) is 8.18. The Labute approximate surface area is 157 Å². The lowest BCUT2D eigenvalue weighted by atomic mass is 10.1. The van der Waals surface area contributed by atoms with E-state index in [1.807, 2.05) is 31.2 Å². The fourth-order valence-corrected chi connectivity index (χ4v) is 2.57. The van der Waals surface area contributed by atoms with Crippen LogP contribution < -0.4 is 20.1 Å². The minimum Gasteiger partial charge on any atom is -0.496 e. The summed E-state index contributed by atoms with van der Waals surface area (Å²) >= 11 is 0. The van der Waals surface area contributed by atoms with Gasteiger partial charge in [0, 0.05) is 5.69 Å². The number of nitrogens with one attached hydrogen (secondary N) is 2. The van der Waals surface area contributed by atoms with Gasteiger partial charge >= 0.3 is 0 Å². The van der Waals surface area contributed by atoms with Crippen LogP contribution in [-0.2, 0) is 0 Å². The third-order valence-electron chi connectivity index (χ3n) is 3.97. The molecule has 2 aromatic carbocycles. The van der Waals surface area contributed by atoms with Crippen molar-refractivity contribution in [3.8, 4) is 11.5 Å². The zero-order chi connectivity index (χ0) is 19.2. The summed E-state index contributed by atoms with van der Waals surface area (Å²) in [6.07, 6.45) is 0. The molecule has 1 aromatic heterocycles. The molecule has 0 fully saturated rings. The third kappa shape index (κ3) is 4.14. The van der Waals surface area contributed by atoms with E-state index < -0.39 is 5.91 Å². The number of carbonyl (C=O) groups excluding carboxylic acids is 1. The van der Waals surface area contributed by atoms with E-state index in [9.17, 15) is 4.79 Å². The van der Waals surface area contributed by atoms with Crippen LogP contribution in [0.4, 0.5) is 17.3 Å². The number of anilines is 3. The number of benzene rings is 2. The van der Waals surface area contributed by atoms with Crippen molar-refractivity contribution < 1.29 is 14.3 Å². The lowest BCUT2D eigenvalue weighted by Gasteiger charge is -2.12. The molecule has 0 unspecified atom stereocenters. The Morgan fingerprint density at radius 3 is 2.07 bits per heavy atom. The molecular formula is C20H20N4O3. The summed E-state index contributed by atoms with van der Waals surface area (Å²) in [7, 11) is 2.99. The van der Waals surface area contributed by atoms with E-state index in [0.717, 1.165) is 11.3 Å². The van der Waals surface area contributed by atoms with Gasteiger partial charge in [-0.15, -0.1) is 10.2 Å². The molecule has 138 valence electrons. The number of hydrogen-bond acceptors (Lipinski definition) is 6. The Balaban J connectivity index is 1.75. The van der Waals surface area contributed by atoms with Gasteiger partial charge in [-0.3, -0.25) is 4.79 Å². The highest BCUT2D eigenvalue weighted by atomic mass is 16.5. The Bertz CT molecular complexity index is 920. The fourth-order valence-electron chi connectivity index (χ4n) is 2.57. The van der Waals surface area contributed by atoms with Crippen LogP contribution in [0.1, 0.15) is 15.9 Å². The van der Waals surface area contributed by atoms with E-state index in [-0.39, 0.29) is 0 Å². The van der Waals surface area contributed by atoms with Gasteiger partial charge in [0.1, 0.15) is 17.1 Å². The molecule has 0 saturated heterocycles. The van der Waals surface area contributed by atoms with E-state index in [1.54, 1.807) is 30.3 Å². The van der Waals surface area contributed by atoms with E-state index in [0.29, 0.717) is 28.7 Å². The van der Waals surface area contributed by atoms with Gasteiger partial charge in [-0.1, -0.05) is 24.3 Å². The molecule has 0 saturated carbocycles. The number of ether oxygens (including phenoxy) is 2. The van der Waals surface area contributed by atoms with Crippen LogP contribution in [0.15, 0.2) is 54.6 Å². The topological polar surface area (TPSA) is 85.4 Å². The molecule has 27 heavy (non-hydrogen) atoms. The lowest BCUT2D eigenvalue weighted by Crippen LogP contribution is -2.16. The summed E-state index contributed by atoms with van der Waals surface area (Å²) in [6.45, 7) is 2.00. The molecule has 3 rings (SSSR count). The predicted octanol–water partition coefficient (Wildman–Crippen LogP) is 3.80. The van der Waals surface area contributed by atoms with Crippen molar-refractivity contribution in [1.29, 1.82) is 0 Å². The van der Waals surface area contributed by atoms with Crippen molar-refractivity contribution in [3.05, 3.63) is 65.7 Å². The van der Waals surface area contributed by atoms with Gasteiger partial charge in [-0.2, -0.15) is 0 Å². The largest absolute Gasteiger partial charge is 0.496 e. The number of aryl methyl sites for hydroxylation is 1. The maximum Gasteiger partial charge on any atom is 0.264 e. The van der Waals surface area contributed by atoms with Gasteiger partial charge in [-0.05, 0) is 42.8 Å². The lowest BCUT2D eigenvalue weighted by molar-refractivity contribution is 0.102. The van der Waals surface area contributed by atoms with Gasteiger partial charge in [0.2, 0.25) is 0 Å². The molecule has 7 nitrogen and oxygen atoms in total. The third-order valence-corrected chi connectivity index (χ3v) is 3.97. The van der Waals surface area contributed by atoms with Crippen LogP contribution in [0.5, 0.6) is 11.5 Å². The van der Waals surface area contributed by atoms with Gasteiger partial charge in [0.25, 0.3) is 5.91 Å². The molecule has 0 atom stereocenters. The molecule has 0 spiro atoms. The van der Waals surface area contributed by atoms with Crippen LogP contribution in [0.2, 0.25) is 0 Å². The van der Waals surface area contributed by atoms with Crippen LogP contribution in [-0.4, -0.2) is 30.3 Å². The first kappa shape index (κ1) is 18.2. The molecule has 0 radical (unpaired) electrons. The first-order valence-corrected chi connectivity index (χ1v) is 8.31. The number of methoxy groups -OCH3 is 2. The van der Waals surface area contributed by atoms with Crippen LogP contribution in [0.25, 0.3) is 0 Å². The van der Waals surface area contributed by atoms with Gasteiger partial charge < -0.3 is 20.1 Å². The molecule has 7 heteroatoms. The summed E-state index contributed by atoms with van der Waals surface area (Å²) in [4.78, 5) is 12.6. The Kier molecular flexibility index (Phi) is 5.51. The summed E-state index contributed by atoms with van der Waals surface area (Å²) in [6, 6.07) is 16.4. The van der Waals surface area contributed by atoms with Gasteiger partial charge in [0.05, 0.1) is 14.2 Å². The van der Waals surface area contributed by atoms with E-state index in [4.69, 9.17) is 9.47 Å². The van der Waals surface area contributed by atoms with Crippen molar-refractivity contribution in [3.63, 3.8) is 0 Å². The van der Waals surface area contributed by atoms with E-state index in [2.05, 4.69) is 20.8 Å². The monoisotopic (exact) mass is 364 g/mol. The second-order valence-corrected chi connectivity index (χ2v) is 5.74. The summed E-state index contributed by atoms with van der Waals surface area (Å²) in [5, 5.41) is 14.1. The Morgan fingerprint density at radius 1 is 0.852 bits per heavy atom. The second-order valence-electron chi connectivity index (χ2n) is 5.74. The molecule has 0 aliphatic rings. The van der Waals surface area contributed by atoms with Crippen LogP contribution in [0.3, 0.4) is 0 Å². The quantitative estimate of drug-likeness (QED) is 0.692. The predicted molar refractivity (Wildman–Crippen MR) is 104 cm³/mol. The molecule has 3 aromatic rings. The first-order valence-electron chi connectivity index (χ1n) is 8.31. The maximum absolute atomic E-state index is 12.6. The molecule has 1 amide bonds. The van der Waals surface area contributed by atoms with Crippen molar-refractivity contribution in [1.82, 2.24) is 10.2 Å². The molecule has 0 bridgehead atoms. The average molecular weight is 364 g/mol. The molecular weight excluding hydrogens is 344 g/mol. The van der Waals surface area contributed by atoms with E-state index in [1.165, 1.54) is 14.2 Å². The number of amides is 1. The number of rotatable bonds is 6.